The smallest absolute Gasteiger partial charge is 0.0285 e. The molecule has 16 heavy (non-hydrogen) atoms. The number of nitrogens with two attached hydrogens (primary N) is 1. The lowest BCUT2D eigenvalue weighted by molar-refractivity contribution is 0.293. The first kappa shape index (κ1) is 12.6. The zero-order valence-corrected chi connectivity index (χ0v) is 12.2. The third kappa shape index (κ3) is 2.69. The van der Waals surface area contributed by atoms with Crippen molar-refractivity contribution < 1.29 is 0 Å². The average molecular weight is 302 g/mol. The van der Waals surface area contributed by atoms with E-state index >= 15 is 0 Å². The van der Waals surface area contributed by atoms with Gasteiger partial charge in [0.25, 0.3) is 0 Å². The molecule has 1 aliphatic carbocycles. The van der Waals surface area contributed by atoms with Crippen molar-refractivity contribution in [3.63, 3.8) is 0 Å². The Hall–Kier alpha value is 0.140. The SMILES string of the molecule is CCC1CCC(CN)(Cc2cc(Br)cs2)C1. The van der Waals surface area contributed by atoms with Crippen LogP contribution in [0.15, 0.2) is 15.9 Å². The molecule has 1 saturated carbocycles. The Labute approximate surface area is 111 Å². The number of halogens is 1. The maximum absolute atomic E-state index is 6.03. The zero-order valence-electron chi connectivity index (χ0n) is 9.84. The van der Waals surface area contributed by atoms with Crippen molar-refractivity contribution in [1.29, 1.82) is 0 Å². The Morgan fingerprint density at radius 2 is 2.44 bits per heavy atom. The molecule has 1 fully saturated rings. The number of rotatable bonds is 4. The molecule has 1 nitrogen and oxygen atoms in total. The Bertz CT molecular complexity index is 349. The lowest BCUT2D eigenvalue weighted by atomic mass is 9.81. The first-order chi connectivity index (χ1) is 7.67. The number of thiophene rings is 1. The number of hydrogen-bond acceptors (Lipinski definition) is 2. The molecule has 1 aromatic rings. The average Bonchev–Trinajstić information content (AvgIpc) is 2.87. The summed E-state index contributed by atoms with van der Waals surface area (Å²) in [5.41, 5.74) is 6.43. The predicted molar refractivity (Wildman–Crippen MR) is 74.8 cm³/mol. The molecule has 0 bridgehead atoms. The minimum atomic E-state index is 0.394. The van der Waals surface area contributed by atoms with Gasteiger partial charge in [-0.25, -0.2) is 0 Å². The highest BCUT2D eigenvalue weighted by atomic mass is 79.9. The van der Waals surface area contributed by atoms with E-state index in [-0.39, 0.29) is 0 Å². The van der Waals surface area contributed by atoms with Crippen LogP contribution in [0.5, 0.6) is 0 Å². The summed E-state index contributed by atoms with van der Waals surface area (Å²) in [7, 11) is 0. The molecule has 0 spiro atoms. The maximum Gasteiger partial charge on any atom is 0.0285 e. The Morgan fingerprint density at radius 1 is 1.62 bits per heavy atom. The first-order valence-electron chi connectivity index (χ1n) is 6.10. The molecule has 1 aromatic heterocycles. The van der Waals surface area contributed by atoms with Crippen molar-refractivity contribution >= 4 is 27.3 Å². The van der Waals surface area contributed by atoms with Gasteiger partial charge >= 0.3 is 0 Å². The van der Waals surface area contributed by atoms with Crippen LogP contribution < -0.4 is 5.73 Å². The fraction of sp³-hybridized carbons (Fsp3) is 0.692. The molecule has 3 heteroatoms. The second kappa shape index (κ2) is 5.19. The van der Waals surface area contributed by atoms with Crippen molar-refractivity contribution in [3.8, 4) is 0 Å². The normalized spacial score (nSPS) is 29.8. The summed E-state index contributed by atoms with van der Waals surface area (Å²) in [4.78, 5) is 1.48. The Kier molecular flexibility index (Phi) is 4.09. The van der Waals surface area contributed by atoms with Crippen LogP contribution in [0.3, 0.4) is 0 Å². The van der Waals surface area contributed by atoms with Crippen molar-refractivity contribution in [3.05, 3.63) is 20.8 Å². The van der Waals surface area contributed by atoms with Gasteiger partial charge in [-0.3, -0.25) is 0 Å². The van der Waals surface area contributed by atoms with Gasteiger partial charge in [-0.15, -0.1) is 11.3 Å². The van der Waals surface area contributed by atoms with Crippen LogP contribution in [-0.2, 0) is 6.42 Å². The minimum absolute atomic E-state index is 0.394. The monoisotopic (exact) mass is 301 g/mol. The third-order valence-electron chi connectivity index (χ3n) is 3.99. The lowest BCUT2D eigenvalue weighted by Crippen LogP contribution is -2.30. The molecule has 2 N–H and O–H groups in total. The largest absolute Gasteiger partial charge is 0.330 e. The summed E-state index contributed by atoms with van der Waals surface area (Å²) in [5, 5.41) is 2.17. The molecule has 1 heterocycles. The van der Waals surface area contributed by atoms with Gasteiger partial charge in [0.1, 0.15) is 0 Å². The van der Waals surface area contributed by atoms with E-state index in [1.165, 1.54) is 41.5 Å². The summed E-state index contributed by atoms with van der Waals surface area (Å²) in [6.45, 7) is 3.15. The van der Waals surface area contributed by atoms with Crippen LogP contribution in [-0.4, -0.2) is 6.54 Å². The van der Waals surface area contributed by atoms with E-state index in [1.54, 1.807) is 0 Å². The zero-order chi connectivity index (χ0) is 11.6. The Morgan fingerprint density at radius 3 is 2.94 bits per heavy atom. The highest BCUT2D eigenvalue weighted by Crippen LogP contribution is 2.45. The van der Waals surface area contributed by atoms with Crippen molar-refractivity contribution in [2.45, 2.75) is 39.0 Å². The van der Waals surface area contributed by atoms with Crippen molar-refractivity contribution in [1.82, 2.24) is 0 Å². The molecule has 90 valence electrons. The first-order valence-corrected chi connectivity index (χ1v) is 7.78. The topological polar surface area (TPSA) is 26.0 Å². The molecular weight excluding hydrogens is 282 g/mol. The molecule has 2 rings (SSSR count). The van der Waals surface area contributed by atoms with E-state index in [1.807, 2.05) is 11.3 Å². The molecule has 0 aromatic carbocycles. The molecule has 2 atom stereocenters. The van der Waals surface area contributed by atoms with E-state index in [4.69, 9.17) is 5.73 Å². The molecule has 0 saturated heterocycles. The summed E-state index contributed by atoms with van der Waals surface area (Å²) >= 11 is 5.38. The van der Waals surface area contributed by atoms with Gasteiger partial charge in [0, 0.05) is 14.7 Å². The minimum Gasteiger partial charge on any atom is -0.330 e. The second-order valence-electron chi connectivity index (χ2n) is 5.13. The highest BCUT2D eigenvalue weighted by molar-refractivity contribution is 9.10. The van der Waals surface area contributed by atoms with Crippen LogP contribution in [0.25, 0.3) is 0 Å². The van der Waals surface area contributed by atoms with Gasteiger partial charge in [-0.05, 0) is 65.6 Å². The molecular formula is C13H20BrNS. The van der Waals surface area contributed by atoms with Crippen LogP contribution in [0.2, 0.25) is 0 Å². The van der Waals surface area contributed by atoms with Gasteiger partial charge in [0.15, 0.2) is 0 Å². The molecule has 0 aliphatic heterocycles. The van der Waals surface area contributed by atoms with Crippen molar-refractivity contribution in [2.75, 3.05) is 6.54 Å². The molecule has 1 aliphatic rings. The van der Waals surface area contributed by atoms with Crippen molar-refractivity contribution in [2.24, 2.45) is 17.1 Å². The number of hydrogen-bond donors (Lipinski definition) is 1. The predicted octanol–water partition coefficient (Wildman–Crippen LogP) is 4.21. The van der Waals surface area contributed by atoms with Crippen LogP contribution in [0.4, 0.5) is 0 Å². The Balaban J connectivity index is 2.06. The summed E-state index contributed by atoms with van der Waals surface area (Å²) in [6, 6.07) is 2.25. The maximum atomic E-state index is 6.03. The van der Waals surface area contributed by atoms with Crippen LogP contribution in [0.1, 0.15) is 37.5 Å². The fourth-order valence-corrected chi connectivity index (χ4v) is 4.53. The molecule has 0 radical (unpaired) electrons. The van der Waals surface area contributed by atoms with E-state index in [0.29, 0.717) is 5.41 Å². The summed E-state index contributed by atoms with van der Waals surface area (Å²) in [5.74, 6) is 0.909. The summed E-state index contributed by atoms with van der Waals surface area (Å²) < 4.78 is 1.21. The van der Waals surface area contributed by atoms with Gasteiger partial charge in [-0.1, -0.05) is 13.3 Å². The van der Waals surface area contributed by atoms with Crippen LogP contribution >= 0.6 is 27.3 Å². The van der Waals surface area contributed by atoms with Gasteiger partial charge < -0.3 is 5.73 Å². The van der Waals surface area contributed by atoms with Gasteiger partial charge in [0.05, 0.1) is 0 Å². The van der Waals surface area contributed by atoms with E-state index in [2.05, 4.69) is 34.3 Å². The lowest BCUT2D eigenvalue weighted by Gasteiger charge is -2.27. The van der Waals surface area contributed by atoms with Crippen LogP contribution in [0, 0.1) is 11.3 Å². The summed E-state index contributed by atoms with van der Waals surface area (Å²) in [6.07, 6.45) is 6.51. The third-order valence-corrected chi connectivity index (χ3v) is 5.68. The fourth-order valence-electron chi connectivity index (χ4n) is 2.91. The standard InChI is InChI=1S/C13H20BrNS/c1-2-10-3-4-13(6-10,9-15)7-12-5-11(14)8-16-12/h5,8,10H,2-4,6-7,9,15H2,1H3. The van der Waals surface area contributed by atoms with E-state index < -0.39 is 0 Å². The molecule has 2 unspecified atom stereocenters. The second-order valence-corrected chi connectivity index (χ2v) is 7.04. The van der Waals surface area contributed by atoms with Gasteiger partial charge in [0.2, 0.25) is 0 Å². The molecule has 0 amide bonds. The quantitative estimate of drug-likeness (QED) is 0.886. The van der Waals surface area contributed by atoms with E-state index in [9.17, 15) is 0 Å². The van der Waals surface area contributed by atoms with Gasteiger partial charge in [-0.2, -0.15) is 0 Å². The van der Waals surface area contributed by atoms with E-state index in [0.717, 1.165) is 12.5 Å². The highest BCUT2D eigenvalue weighted by Gasteiger charge is 2.37.